The van der Waals surface area contributed by atoms with E-state index in [-0.39, 0.29) is 22.9 Å². The summed E-state index contributed by atoms with van der Waals surface area (Å²) < 4.78 is 31.4. The summed E-state index contributed by atoms with van der Waals surface area (Å²) in [5.41, 5.74) is 1.02. The number of halogens is 3. The molecule has 0 aliphatic carbocycles. The van der Waals surface area contributed by atoms with Gasteiger partial charge in [0.25, 0.3) is 11.8 Å². The first-order chi connectivity index (χ1) is 12.9. The molecular formula is C19H13ClF2N2O3. The molecule has 2 N–H and O–H groups in total. The van der Waals surface area contributed by atoms with Crippen LogP contribution in [0.4, 0.5) is 14.5 Å². The van der Waals surface area contributed by atoms with Crippen LogP contribution in [0.3, 0.4) is 0 Å². The zero-order chi connectivity index (χ0) is 19.4. The number of carbonyl (C=O) groups excluding carboxylic acids is 2. The highest BCUT2D eigenvalue weighted by Crippen LogP contribution is 2.20. The minimum Gasteiger partial charge on any atom is -0.459 e. The normalized spacial score (nSPS) is 10.5. The lowest BCUT2D eigenvalue weighted by molar-refractivity contribution is 0.0949. The molecule has 3 rings (SSSR count). The Morgan fingerprint density at radius 1 is 1.00 bits per heavy atom. The van der Waals surface area contributed by atoms with Crippen LogP contribution < -0.4 is 10.6 Å². The Kier molecular flexibility index (Phi) is 5.52. The molecule has 0 radical (unpaired) electrons. The molecule has 3 aromatic rings. The molecule has 138 valence electrons. The number of amides is 2. The van der Waals surface area contributed by atoms with E-state index in [0.717, 1.165) is 12.1 Å². The van der Waals surface area contributed by atoms with Crippen molar-refractivity contribution in [2.45, 2.75) is 6.54 Å². The Morgan fingerprint density at radius 3 is 2.52 bits per heavy atom. The predicted molar refractivity (Wildman–Crippen MR) is 95.6 cm³/mol. The number of hydrogen-bond donors (Lipinski definition) is 2. The van der Waals surface area contributed by atoms with Crippen LogP contribution in [0.15, 0.2) is 59.2 Å². The third-order valence-electron chi connectivity index (χ3n) is 3.64. The van der Waals surface area contributed by atoms with Gasteiger partial charge in [-0.05, 0) is 42.0 Å². The van der Waals surface area contributed by atoms with E-state index in [0.29, 0.717) is 11.3 Å². The smallest absolute Gasteiger partial charge is 0.291 e. The fourth-order valence-corrected chi connectivity index (χ4v) is 2.57. The summed E-state index contributed by atoms with van der Waals surface area (Å²) in [7, 11) is 0. The molecule has 1 heterocycles. The van der Waals surface area contributed by atoms with Crippen LogP contribution in [-0.4, -0.2) is 11.8 Å². The van der Waals surface area contributed by atoms with Crippen LogP contribution in [0, 0.1) is 11.6 Å². The van der Waals surface area contributed by atoms with Crippen LogP contribution in [0.1, 0.15) is 26.5 Å². The maximum absolute atomic E-state index is 13.3. The number of anilines is 1. The Hall–Kier alpha value is -3.19. The van der Waals surface area contributed by atoms with Gasteiger partial charge in [0, 0.05) is 12.2 Å². The van der Waals surface area contributed by atoms with Gasteiger partial charge in [0.2, 0.25) is 0 Å². The van der Waals surface area contributed by atoms with Crippen molar-refractivity contribution in [2.75, 3.05) is 5.32 Å². The maximum Gasteiger partial charge on any atom is 0.291 e. The van der Waals surface area contributed by atoms with Gasteiger partial charge in [-0.1, -0.05) is 23.7 Å². The van der Waals surface area contributed by atoms with E-state index in [1.807, 2.05) is 0 Å². The number of benzene rings is 2. The lowest BCUT2D eigenvalue weighted by atomic mass is 10.1. The zero-order valence-electron chi connectivity index (χ0n) is 13.8. The van der Waals surface area contributed by atoms with E-state index in [9.17, 15) is 18.4 Å². The van der Waals surface area contributed by atoms with Crippen LogP contribution in [0.25, 0.3) is 0 Å². The van der Waals surface area contributed by atoms with E-state index in [1.165, 1.54) is 12.3 Å². The molecule has 5 nitrogen and oxygen atoms in total. The quantitative estimate of drug-likeness (QED) is 0.634. The van der Waals surface area contributed by atoms with Crippen molar-refractivity contribution in [1.82, 2.24) is 5.32 Å². The van der Waals surface area contributed by atoms with Crippen molar-refractivity contribution < 1.29 is 22.8 Å². The number of rotatable bonds is 5. The molecule has 8 heteroatoms. The Labute approximate surface area is 157 Å². The lowest BCUT2D eigenvalue weighted by Gasteiger charge is -2.09. The maximum atomic E-state index is 13.3. The topological polar surface area (TPSA) is 71.3 Å². The van der Waals surface area contributed by atoms with Crippen molar-refractivity contribution in [3.05, 3.63) is 88.3 Å². The first kappa shape index (κ1) is 18.6. The van der Waals surface area contributed by atoms with E-state index in [1.54, 1.807) is 30.3 Å². The molecule has 0 atom stereocenters. The van der Waals surface area contributed by atoms with E-state index in [4.69, 9.17) is 16.0 Å². The third-order valence-corrected chi connectivity index (χ3v) is 3.95. The second kappa shape index (κ2) is 8.01. The number of carbonyl (C=O) groups is 2. The van der Waals surface area contributed by atoms with Gasteiger partial charge in [0.1, 0.15) is 0 Å². The fourth-order valence-electron chi connectivity index (χ4n) is 2.33. The van der Waals surface area contributed by atoms with Gasteiger partial charge in [-0.15, -0.1) is 0 Å². The van der Waals surface area contributed by atoms with Crippen LogP contribution in [-0.2, 0) is 6.54 Å². The monoisotopic (exact) mass is 390 g/mol. The Morgan fingerprint density at radius 2 is 1.78 bits per heavy atom. The Bertz CT molecular complexity index is 991. The molecule has 1 aromatic heterocycles. The van der Waals surface area contributed by atoms with Crippen LogP contribution in [0.2, 0.25) is 5.02 Å². The zero-order valence-corrected chi connectivity index (χ0v) is 14.5. The number of hydrogen-bond acceptors (Lipinski definition) is 3. The molecule has 0 fully saturated rings. The van der Waals surface area contributed by atoms with Crippen molar-refractivity contribution >= 4 is 29.1 Å². The summed E-state index contributed by atoms with van der Waals surface area (Å²) in [6.45, 7) is 0.0959. The average Bonchev–Trinajstić information content (AvgIpc) is 3.18. The molecule has 27 heavy (non-hydrogen) atoms. The molecular weight excluding hydrogens is 378 g/mol. The van der Waals surface area contributed by atoms with Gasteiger partial charge in [0.05, 0.1) is 16.8 Å². The molecule has 0 unspecified atom stereocenters. The summed E-state index contributed by atoms with van der Waals surface area (Å²) in [5, 5.41) is 5.05. The highest BCUT2D eigenvalue weighted by molar-refractivity contribution is 6.33. The molecule has 0 aliphatic heterocycles. The minimum absolute atomic E-state index is 0.0959. The number of furan rings is 1. The fraction of sp³-hybridized carbons (Fsp3) is 0.0526. The van der Waals surface area contributed by atoms with E-state index < -0.39 is 23.4 Å². The van der Waals surface area contributed by atoms with Crippen molar-refractivity contribution in [2.24, 2.45) is 0 Å². The molecule has 2 aromatic carbocycles. The molecule has 0 saturated heterocycles. The van der Waals surface area contributed by atoms with Gasteiger partial charge < -0.3 is 15.1 Å². The van der Waals surface area contributed by atoms with Crippen LogP contribution >= 0.6 is 11.6 Å². The third kappa shape index (κ3) is 4.51. The van der Waals surface area contributed by atoms with E-state index in [2.05, 4.69) is 10.6 Å². The summed E-state index contributed by atoms with van der Waals surface area (Å²) in [6.07, 6.45) is 1.39. The van der Waals surface area contributed by atoms with Crippen molar-refractivity contribution in [3.8, 4) is 0 Å². The Balaban J connectivity index is 1.65. The standard InChI is InChI=1S/C19H13ClF2N2O3/c20-14-9-16(22)15(21)8-13(14)18(25)23-10-11-3-1-4-12(7-11)24-19(26)17-5-2-6-27-17/h1-9H,10H2,(H,23,25)(H,24,26). The summed E-state index contributed by atoms with van der Waals surface area (Å²) >= 11 is 5.79. The van der Waals surface area contributed by atoms with Gasteiger partial charge in [-0.25, -0.2) is 8.78 Å². The van der Waals surface area contributed by atoms with Gasteiger partial charge in [0.15, 0.2) is 17.4 Å². The highest BCUT2D eigenvalue weighted by Gasteiger charge is 2.15. The SMILES string of the molecule is O=C(Nc1cccc(CNC(=O)c2cc(F)c(F)cc2Cl)c1)c1ccco1. The molecule has 2 amide bonds. The van der Waals surface area contributed by atoms with Crippen molar-refractivity contribution in [3.63, 3.8) is 0 Å². The van der Waals surface area contributed by atoms with Gasteiger partial charge in [-0.2, -0.15) is 0 Å². The largest absolute Gasteiger partial charge is 0.459 e. The van der Waals surface area contributed by atoms with Gasteiger partial charge in [-0.3, -0.25) is 9.59 Å². The number of nitrogens with one attached hydrogen (secondary N) is 2. The molecule has 0 bridgehead atoms. The van der Waals surface area contributed by atoms with E-state index >= 15 is 0 Å². The summed E-state index contributed by atoms with van der Waals surface area (Å²) in [6, 6.07) is 11.4. The van der Waals surface area contributed by atoms with Crippen molar-refractivity contribution in [1.29, 1.82) is 0 Å². The highest BCUT2D eigenvalue weighted by atomic mass is 35.5. The second-order valence-corrected chi connectivity index (χ2v) is 5.97. The predicted octanol–water partition coefficient (Wildman–Crippen LogP) is 4.39. The summed E-state index contributed by atoms with van der Waals surface area (Å²) in [5.74, 6) is -3.18. The lowest BCUT2D eigenvalue weighted by Crippen LogP contribution is -2.23. The molecule has 0 aliphatic rings. The molecule has 0 saturated carbocycles. The van der Waals surface area contributed by atoms with Gasteiger partial charge >= 0.3 is 0 Å². The second-order valence-electron chi connectivity index (χ2n) is 5.56. The summed E-state index contributed by atoms with van der Waals surface area (Å²) in [4.78, 5) is 24.1. The first-order valence-electron chi connectivity index (χ1n) is 7.80. The first-order valence-corrected chi connectivity index (χ1v) is 8.18. The average molecular weight is 391 g/mol. The minimum atomic E-state index is -1.16. The molecule has 0 spiro atoms. The van der Waals surface area contributed by atoms with Crippen LogP contribution in [0.5, 0.6) is 0 Å².